The first-order chi connectivity index (χ1) is 7.15. The number of thiocarbonyl (C=S) groups is 1. The second kappa shape index (κ2) is 8.86. The summed E-state index contributed by atoms with van der Waals surface area (Å²) in [7, 11) is 1.48. The SMILES string of the molecule is COc1cccc(/C=N/NC(N)=S)c1O.O.[Zn]. The Labute approximate surface area is 117 Å². The molecule has 0 atom stereocenters. The van der Waals surface area contributed by atoms with Crippen molar-refractivity contribution >= 4 is 23.5 Å². The van der Waals surface area contributed by atoms with Gasteiger partial charge in [0, 0.05) is 25.0 Å². The van der Waals surface area contributed by atoms with Crippen molar-refractivity contribution in [3.63, 3.8) is 0 Å². The summed E-state index contributed by atoms with van der Waals surface area (Å²) in [5.41, 5.74) is 8.07. The number of nitrogens with one attached hydrogen (secondary N) is 1. The molecule has 0 spiro atoms. The van der Waals surface area contributed by atoms with E-state index >= 15 is 0 Å². The second-order valence-electron chi connectivity index (χ2n) is 2.63. The van der Waals surface area contributed by atoms with E-state index in [2.05, 4.69) is 22.7 Å². The Morgan fingerprint density at radius 2 is 2.24 bits per heavy atom. The molecule has 17 heavy (non-hydrogen) atoms. The van der Waals surface area contributed by atoms with Gasteiger partial charge in [-0.05, 0) is 24.4 Å². The van der Waals surface area contributed by atoms with Crippen molar-refractivity contribution in [3.05, 3.63) is 23.8 Å². The van der Waals surface area contributed by atoms with E-state index in [0.29, 0.717) is 11.3 Å². The molecule has 0 amide bonds. The molecular weight excluding hydrogens is 296 g/mol. The van der Waals surface area contributed by atoms with Crippen LogP contribution < -0.4 is 15.9 Å². The Morgan fingerprint density at radius 3 is 2.76 bits per heavy atom. The molecule has 1 rings (SSSR count). The van der Waals surface area contributed by atoms with Crippen molar-refractivity contribution in [2.75, 3.05) is 7.11 Å². The number of methoxy groups -OCH3 is 1. The number of phenolic OH excluding ortho intramolecular Hbond substituents is 1. The van der Waals surface area contributed by atoms with Gasteiger partial charge in [0.1, 0.15) is 0 Å². The van der Waals surface area contributed by atoms with Gasteiger partial charge in [-0.2, -0.15) is 5.10 Å². The smallest absolute Gasteiger partial charge is 0.184 e. The first-order valence-electron chi connectivity index (χ1n) is 4.09. The van der Waals surface area contributed by atoms with E-state index < -0.39 is 0 Å². The van der Waals surface area contributed by atoms with Crippen LogP contribution in [0.25, 0.3) is 0 Å². The summed E-state index contributed by atoms with van der Waals surface area (Å²) in [6.45, 7) is 0. The van der Waals surface area contributed by atoms with Crippen LogP contribution in [0.4, 0.5) is 0 Å². The fourth-order valence-corrected chi connectivity index (χ4v) is 1.03. The van der Waals surface area contributed by atoms with Crippen molar-refractivity contribution in [3.8, 4) is 11.5 Å². The Morgan fingerprint density at radius 1 is 1.59 bits per heavy atom. The maximum atomic E-state index is 9.65. The number of rotatable bonds is 3. The molecule has 0 aromatic heterocycles. The molecule has 0 aliphatic heterocycles. The van der Waals surface area contributed by atoms with Gasteiger partial charge in [0.25, 0.3) is 0 Å². The minimum Gasteiger partial charge on any atom is -0.504 e. The Bertz CT molecular complexity index is 401. The summed E-state index contributed by atoms with van der Waals surface area (Å²) in [6.07, 6.45) is 1.40. The van der Waals surface area contributed by atoms with Gasteiger partial charge in [-0.25, -0.2) is 0 Å². The molecule has 8 heteroatoms. The Hall–Kier alpha value is -1.24. The summed E-state index contributed by atoms with van der Waals surface area (Å²) in [4.78, 5) is 0. The van der Waals surface area contributed by atoms with Crippen molar-refractivity contribution in [2.45, 2.75) is 0 Å². The third-order valence-electron chi connectivity index (χ3n) is 1.63. The molecular formula is C9H13N3O3SZn. The Balaban J connectivity index is 0. The minimum absolute atomic E-state index is 0. The molecule has 0 unspecified atom stereocenters. The molecule has 0 bridgehead atoms. The molecule has 0 heterocycles. The molecule has 0 fully saturated rings. The monoisotopic (exact) mass is 307 g/mol. The van der Waals surface area contributed by atoms with Crippen LogP contribution in [0.5, 0.6) is 11.5 Å². The fraction of sp³-hybridized carbons (Fsp3) is 0.111. The number of ether oxygens (including phenoxy) is 1. The normalized spacial score (nSPS) is 9.00. The summed E-state index contributed by atoms with van der Waals surface area (Å²) in [5.74, 6) is 0.405. The summed E-state index contributed by atoms with van der Waals surface area (Å²) >= 11 is 4.56. The van der Waals surface area contributed by atoms with Crippen LogP contribution in [0.3, 0.4) is 0 Å². The first-order valence-corrected chi connectivity index (χ1v) is 4.50. The number of benzene rings is 1. The average molecular weight is 309 g/mol. The number of para-hydroxylation sites is 1. The zero-order valence-electron chi connectivity index (χ0n) is 9.30. The number of hydrogen-bond donors (Lipinski definition) is 3. The van der Waals surface area contributed by atoms with Crippen molar-refractivity contribution in [1.82, 2.24) is 5.43 Å². The molecule has 1 aromatic carbocycles. The molecule has 0 aliphatic rings. The van der Waals surface area contributed by atoms with Crippen molar-refractivity contribution in [1.29, 1.82) is 0 Å². The number of aromatic hydroxyl groups is 1. The van der Waals surface area contributed by atoms with Crippen molar-refractivity contribution in [2.24, 2.45) is 10.8 Å². The molecule has 1 aromatic rings. The predicted octanol–water partition coefficient (Wildman–Crippen LogP) is -0.259. The molecule has 90 valence electrons. The number of hydrogen-bond acceptors (Lipinski definition) is 4. The van der Waals surface area contributed by atoms with Gasteiger partial charge in [0.15, 0.2) is 16.6 Å². The van der Waals surface area contributed by atoms with Crippen LogP contribution in [0.2, 0.25) is 0 Å². The summed E-state index contributed by atoms with van der Waals surface area (Å²) < 4.78 is 4.93. The number of nitrogens with two attached hydrogens (primary N) is 1. The van der Waals surface area contributed by atoms with Crippen LogP contribution in [-0.4, -0.2) is 29.0 Å². The first kappa shape index (κ1) is 18.1. The van der Waals surface area contributed by atoms with Gasteiger partial charge in [-0.3, -0.25) is 5.43 Å². The maximum absolute atomic E-state index is 9.65. The number of phenols is 1. The van der Waals surface area contributed by atoms with Crippen LogP contribution >= 0.6 is 12.2 Å². The van der Waals surface area contributed by atoms with Crippen LogP contribution in [-0.2, 0) is 19.5 Å². The largest absolute Gasteiger partial charge is 0.504 e. The van der Waals surface area contributed by atoms with Gasteiger partial charge >= 0.3 is 0 Å². The van der Waals surface area contributed by atoms with Gasteiger partial charge < -0.3 is 21.1 Å². The zero-order chi connectivity index (χ0) is 11.3. The second-order valence-corrected chi connectivity index (χ2v) is 3.07. The van der Waals surface area contributed by atoms with Gasteiger partial charge in [0.05, 0.1) is 13.3 Å². The maximum Gasteiger partial charge on any atom is 0.184 e. The van der Waals surface area contributed by atoms with E-state index in [4.69, 9.17) is 10.5 Å². The average Bonchev–Trinajstić information content (AvgIpc) is 2.20. The van der Waals surface area contributed by atoms with E-state index in [9.17, 15) is 5.11 Å². The van der Waals surface area contributed by atoms with E-state index in [0.717, 1.165) is 0 Å². The molecule has 6 nitrogen and oxygen atoms in total. The molecule has 0 saturated heterocycles. The third kappa shape index (κ3) is 5.58. The van der Waals surface area contributed by atoms with Crippen molar-refractivity contribution < 1.29 is 34.8 Å². The molecule has 0 radical (unpaired) electrons. The predicted molar refractivity (Wildman–Crippen MR) is 65.8 cm³/mol. The van der Waals surface area contributed by atoms with E-state index in [1.54, 1.807) is 18.2 Å². The van der Waals surface area contributed by atoms with Gasteiger partial charge in [-0.15, -0.1) is 0 Å². The topological polar surface area (TPSA) is 111 Å². The summed E-state index contributed by atoms with van der Waals surface area (Å²) in [6, 6.07) is 5.07. The molecule has 0 saturated carbocycles. The summed E-state index contributed by atoms with van der Waals surface area (Å²) in [5, 5.41) is 13.4. The van der Waals surface area contributed by atoms with Crippen LogP contribution in [0, 0.1) is 0 Å². The van der Waals surface area contributed by atoms with Crippen LogP contribution in [0.1, 0.15) is 5.56 Å². The van der Waals surface area contributed by atoms with Gasteiger partial charge in [-0.1, -0.05) is 6.07 Å². The van der Waals surface area contributed by atoms with E-state index in [1.165, 1.54) is 13.3 Å². The van der Waals surface area contributed by atoms with E-state index in [1.807, 2.05) is 0 Å². The fourth-order valence-electron chi connectivity index (χ4n) is 0.974. The zero-order valence-corrected chi connectivity index (χ0v) is 13.1. The van der Waals surface area contributed by atoms with E-state index in [-0.39, 0.29) is 35.8 Å². The van der Waals surface area contributed by atoms with Gasteiger partial charge in [0.2, 0.25) is 0 Å². The number of nitrogens with zero attached hydrogens (tertiary/aromatic N) is 1. The number of hydrazone groups is 1. The Kier molecular flexibility index (Phi) is 9.46. The minimum atomic E-state index is 0. The quantitative estimate of drug-likeness (QED) is 0.308. The van der Waals surface area contributed by atoms with Crippen LogP contribution in [0.15, 0.2) is 23.3 Å². The molecule has 0 aliphatic carbocycles. The molecule has 6 N–H and O–H groups in total. The standard InChI is InChI=1S/C9H11N3O2S.H2O.Zn/c1-14-7-4-2-3-6(8(7)13)5-11-12-9(10)15;;/h2-5,13H,1H3,(H3,10,12,15);1H2;/b11-5+;;. The third-order valence-corrected chi connectivity index (χ3v) is 1.72.